The lowest BCUT2D eigenvalue weighted by atomic mass is 10.2. The lowest BCUT2D eigenvalue weighted by Crippen LogP contribution is -2.13. The molecule has 7 nitrogen and oxygen atoms in total. The van der Waals surface area contributed by atoms with Gasteiger partial charge in [-0.3, -0.25) is 9.52 Å². The van der Waals surface area contributed by atoms with Crippen LogP contribution in [0.1, 0.15) is 25.9 Å². The zero-order valence-corrected chi connectivity index (χ0v) is 17.9. The number of aromatic nitrogens is 1. The van der Waals surface area contributed by atoms with Gasteiger partial charge in [-0.05, 0) is 24.6 Å². The average Bonchev–Trinajstić information content (AvgIpc) is 3.03. The highest BCUT2D eigenvalue weighted by molar-refractivity contribution is 7.92. The number of anilines is 2. The monoisotopic (exact) mass is 431 g/mol. The van der Waals surface area contributed by atoms with Crippen LogP contribution in [0.15, 0.2) is 48.5 Å². The van der Waals surface area contributed by atoms with Gasteiger partial charge in [0.05, 0.1) is 29.8 Å². The van der Waals surface area contributed by atoms with Crippen molar-refractivity contribution in [3.05, 3.63) is 69.7 Å². The molecule has 29 heavy (non-hydrogen) atoms. The maximum Gasteiger partial charge on any atom is 0.267 e. The van der Waals surface area contributed by atoms with E-state index in [-0.39, 0.29) is 5.91 Å². The van der Waals surface area contributed by atoms with E-state index in [0.29, 0.717) is 34.1 Å². The third kappa shape index (κ3) is 5.55. The van der Waals surface area contributed by atoms with E-state index in [4.69, 9.17) is 4.74 Å². The summed E-state index contributed by atoms with van der Waals surface area (Å²) in [6.45, 7) is 1.81. The van der Waals surface area contributed by atoms with Gasteiger partial charge in [0, 0.05) is 18.2 Å². The fourth-order valence-corrected chi connectivity index (χ4v) is 4.31. The first kappa shape index (κ1) is 20.8. The molecular formula is C20H21N3O4S2. The minimum Gasteiger partial charge on any atom is -0.494 e. The van der Waals surface area contributed by atoms with Crippen molar-refractivity contribution in [2.75, 3.05) is 23.4 Å². The molecule has 2 aromatic carbocycles. The third-order valence-corrected chi connectivity index (χ3v) is 5.75. The molecule has 0 bridgehead atoms. The predicted molar refractivity (Wildman–Crippen MR) is 116 cm³/mol. The van der Waals surface area contributed by atoms with E-state index in [0.717, 1.165) is 16.8 Å². The molecule has 0 saturated heterocycles. The molecule has 1 amide bonds. The van der Waals surface area contributed by atoms with Crippen LogP contribution in [0.4, 0.5) is 11.4 Å². The number of methoxy groups -OCH3 is 1. The summed E-state index contributed by atoms with van der Waals surface area (Å²) in [6.07, 6.45) is 1.72. The van der Waals surface area contributed by atoms with Gasteiger partial charge in [-0.2, -0.15) is 0 Å². The largest absolute Gasteiger partial charge is 0.494 e. The number of nitrogens with one attached hydrogen (secondary N) is 2. The lowest BCUT2D eigenvalue weighted by molar-refractivity contribution is 0.103. The van der Waals surface area contributed by atoms with Gasteiger partial charge < -0.3 is 10.1 Å². The summed E-state index contributed by atoms with van der Waals surface area (Å²) in [7, 11) is -2.01. The molecule has 0 radical (unpaired) electrons. The molecule has 0 atom stereocenters. The normalized spacial score (nSPS) is 11.1. The minimum absolute atomic E-state index is 0.273. The molecule has 0 aliphatic heterocycles. The highest BCUT2D eigenvalue weighted by Gasteiger charge is 2.17. The number of rotatable bonds is 7. The van der Waals surface area contributed by atoms with Gasteiger partial charge in [-0.1, -0.05) is 30.3 Å². The Hall–Kier alpha value is -2.91. The summed E-state index contributed by atoms with van der Waals surface area (Å²) in [4.78, 5) is 17.8. The fraction of sp³-hybridized carbons (Fsp3) is 0.200. The number of amides is 1. The predicted octanol–water partition coefficient (Wildman–Crippen LogP) is 3.67. The molecule has 1 heterocycles. The van der Waals surface area contributed by atoms with Gasteiger partial charge in [-0.25, -0.2) is 13.4 Å². The molecule has 0 unspecified atom stereocenters. The number of carbonyl (C=O) groups excluding carboxylic acids is 1. The number of sulfonamides is 1. The first-order valence-electron chi connectivity index (χ1n) is 8.72. The van der Waals surface area contributed by atoms with Crippen LogP contribution in [0.5, 0.6) is 5.75 Å². The number of hydrogen-bond acceptors (Lipinski definition) is 6. The van der Waals surface area contributed by atoms with E-state index in [1.54, 1.807) is 19.1 Å². The second-order valence-corrected chi connectivity index (χ2v) is 9.26. The quantitative estimate of drug-likeness (QED) is 0.595. The first-order chi connectivity index (χ1) is 13.7. The van der Waals surface area contributed by atoms with Crippen LogP contribution in [0, 0.1) is 6.92 Å². The Bertz CT molecular complexity index is 1130. The van der Waals surface area contributed by atoms with Crippen LogP contribution >= 0.6 is 11.3 Å². The van der Waals surface area contributed by atoms with E-state index >= 15 is 0 Å². The van der Waals surface area contributed by atoms with E-state index in [2.05, 4.69) is 15.0 Å². The van der Waals surface area contributed by atoms with Crippen LogP contribution in [0.3, 0.4) is 0 Å². The second kappa shape index (κ2) is 8.62. The Morgan fingerprint density at radius 2 is 1.90 bits per heavy atom. The SMILES string of the molecule is COc1cc(NC(=O)c2sc(Cc3ccccc3)nc2C)ccc1NS(C)(=O)=O. The number of nitrogens with zero attached hydrogens (tertiary/aromatic N) is 1. The summed E-state index contributed by atoms with van der Waals surface area (Å²) in [6, 6.07) is 14.7. The molecule has 0 aliphatic rings. The van der Waals surface area contributed by atoms with Crippen molar-refractivity contribution in [3.63, 3.8) is 0 Å². The maximum atomic E-state index is 12.7. The van der Waals surface area contributed by atoms with Crippen molar-refractivity contribution >= 4 is 38.6 Å². The van der Waals surface area contributed by atoms with Crippen LogP contribution in [-0.4, -0.2) is 32.7 Å². The highest BCUT2D eigenvalue weighted by atomic mass is 32.2. The molecule has 0 fully saturated rings. The second-order valence-electron chi connectivity index (χ2n) is 6.43. The summed E-state index contributed by atoms with van der Waals surface area (Å²) in [5.41, 5.74) is 2.59. The summed E-state index contributed by atoms with van der Waals surface area (Å²) in [5.74, 6) is 0.0317. The summed E-state index contributed by atoms with van der Waals surface area (Å²) in [5, 5.41) is 3.68. The van der Waals surface area contributed by atoms with Crippen molar-refractivity contribution in [2.45, 2.75) is 13.3 Å². The van der Waals surface area contributed by atoms with Crippen molar-refractivity contribution in [2.24, 2.45) is 0 Å². The first-order valence-corrected chi connectivity index (χ1v) is 11.4. The molecule has 152 valence electrons. The van der Waals surface area contributed by atoms with Gasteiger partial charge >= 0.3 is 0 Å². The van der Waals surface area contributed by atoms with Gasteiger partial charge in [-0.15, -0.1) is 11.3 Å². The molecule has 9 heteroatoms. The number of thiazole rings is 1. The molecule has 1 aromatic heterocycles. The van der Waals surface area contributed by atoms with E-state index < -0.39 is 10.0 Å². The van der Waals surface area contributed by atoms with E-state index in [1.165, 1.54) is 24.5 Å². The van der Waals surface area contributed by atoms with Crippen molar-refractivity contribution < 1.29 is 17.9 Å². The van der Waals surface area contributed by atoms with Crippen molar-refractivity contribution in [1.82, 2.24) is 4.98 Å². The Kier molecular flexibility index (Phi) is 6.19. The number of carbonyl (C=O) groups is 1. The smallest absolute Gasteiger partial charge is 0.267 e. The summed E-state index contributed by atoms with van der Waals surface area (Å²) >= 11 is 1.36. The zero-order valence-electron chi connectivity index (χ0n) is 16.2. The number of hydrogen-bond donors (Lipinski definition) is 2. The van der Waals surface area contributed by atoms with Crippen LogP contribution in [-0.2, 0) is 16.4 Å². The molecule has 2 N–H and O–H groups in total. The van der Waals surface area contributed by atoms with Gasteiger partial charge in [0.15, 0.2) is 0 Å². The highest BCUT2D eigenvalue weighted by Crippen LogP contribution is 2.29. The van der Waals surface area contributed by atoms with Gasteiger partial charge in [0.1, 0.15) is 10.6 Å². The average molecular weight is 432 g/mol. The molecule has 3 rings (SSSR count). The number of benzene rings is 2. The topological polar surface area (TPSA) is 97.4 Å². The minimum atomic E-state index is -3.44. The Balaban J connectivity index is 1.76. The maximum absolute atomic E-state index is 12.7. The standard InChI is InChI=1S/C20H21N3O4S2/c1-13-19(28-18(21-13)11-14-7-5-4-6-8-14)20(24)22-15-9-10-16(17(12-15)27-2)23-29(3,25)26/h4-10,12,23H,11H2,1-3H3,(H,22,24). The zero-order chi connectivity index (χ0) is 21.0. The molecule has 0 saturated carbocycles. The number of ether oxygens (including phenoxy) is 1. The van der Waals surface area contributed by atoms with Crippen LogP contribution in [0.25, 0.3) is 0 Å². The molecule has 0 spiro atoms. The van der Waals surface area contributed by atoms with Gasteiger partial charge in [0.25, 0.3) is 5.91 Å². The Morgan fingerprint density at radius 1 is 1.17 bits per heavy atom. The van der Waals surface area contributed by atoms with Crippen molar-refractivity contribution in [3.8, 4) is 5.75 Å². The molecule has 3 aromatic rings. The number of aryl methyl sites for hydroxylation is 1. The van der Waals surface area contributed by atoms with Gasteiger partial charge in [0.2, 0.25) is 10.0 Å². The molecule has 0 aliphatic carbocycles. The van der Waals surface area contributed by atoms with Crippen LogP contribution in [0.2, 0.25) is 0 Å². The third-order valence-electron chi connectivity index (χ3n) is 4.00. The fourth-order valence-electron chi connectivity index (χ4n) is 2.75. The molecular weight excluding hydrogens is 410 g/mol. The summed E-state index contributed by atoms with van der Waals surface area (Å²) < 4.78 is 30.5. The van der Waals surface area contributed by atoms with E-state index in [9.17, 15) is 13.2 Å². The lowest BCUT2D eigenvalue weighted by Gasteiger charge is -2.12. The van der Waals surface area contributed by atoms with Crippen LogP contribution < -0.4 is 14.8 Å². The Labute approximate surface area is 173 Å². The van der Waals surface area contributed by atoms with Crippen molar-refractivity contribution in [1.29, 1.82) is 0 Å². The van der Waals surface area contributed by atoms with E-state index in [1.807, 2.05) is 30.3 Å². The Morgan fingerprint density at radius 3 is 2.55 bits per heavy atom.